The molecule has 0 unspecified atom stereocenters. The van der Waals surface area contributed by atoms with E-state index in [1.165, 1.54) is 4.57 Å². The molecule has 0 aliphatic rings. The fourth-order valence-electron chi connectivity index (χ4n) is 2.39. The number of carbonyl (C=O) groups is 1. The van der Waals surface area contributed by atoms with Gasteiger partial charge in [-0.15, -0.1) is 0 Å². The molecular weight excluding hydrogens is 369 g/mol. The van der Waals surface area contributed by atoms with Crippen molar-refractivity contribution in [2.24, 2.45) is 0 Å². The van der Waals surface area contributed by atoms with E-state index in [1.54, 1.807) is 53.2 Å². The van der Waals surface area contributed by atoms with Gasteiger partial charge in [-0.3, -0.25) is 9.89 Å². The van der Waals surface area contributed by atoms with E-state index < -0.39 is 0 Å². The van der Waals surface area contributed by atoms with Gasteiger partial charge in [-0.2, -0.15) is 0 Å². The first-order valence-corrected chi connectivity index (χ1v) is 7.79. The van der Waals surface area contributed by atoms with Gasteiger partial charge in [0.15, 0.2) is 5.91 Å². The molecular formula is C16H9ClN5NaOS. The van der Waals surface area contributed by atoms with Gasteiger partial charge in [0.05, 0.1) is 5.82 Å². The molecule has 3 heterocycles. The quantitative estimate of drug-likeness (QED) is 0.369. The van der Waals surface area contributed by atoms with Crippen molar-refractivity contribution in [1.82, 2.24) is 24.1 Å². The Hall–Kier alpha value is -1.77. The maximum Gasteiger partial charge on any atom is 1.00 e. The van der Waals surface area contributed by atoms with Crippen molar-refractivity contribution in [2.45, 2.75) is 0 Å². The Bertz CT molecular complexity index is 1120. The Morgan fingerprint density at radius 1 is 1.20 bits per heavy atom. The smallest absolute Gasteiger partial charge is 0.356 e. The minimum absolute atomic E-state index is 0. The summed E-state index contributed by atoms with van der Waals surface area (Å²) in [5.41, 5.74) is 1.63. The fourth-order valence-corrected chi connectivity index (χ4v) is 2.76. The zero-order valence-corrected chi connectivity index (χ0v) is 16.7. The number of imidazole rings is 1. The molecule has 0 amide bonds. The summed E-state index contributed by atoms with van der Waals surface area (Å²) in [6.45, 7) is 0. The molecule has 0 saturated carbocycles. The molecule has 0 N–H and O–H groups in total. The van der Waals surface area contributed by atoms with Crippen LogP contribution in [0, 0.1) is 4.77 Å². The second-order valence-corrected chi connectivity index (χ2v) is 5.85. The monoisotopic (exact) mass is 377 g/mol. The van der Waals surface area contributed by atoms with Gasteiger partial charge in [0, 0.05) is 33.8 Å². The molecule has 0 atom stereocenters. The molecule has 0 saturated heterocycles. The summed E-state index contributed by atoms with van der Waals surface area (Å²) in [5, 5.41) is 8.46. The molecule has 9 heteroatoms. The van der Waals surface area contributed by atoms with Crippen molar-refractivity contribution in [1.29, 1.82) is 0 Å². The van der Waals surface area contributed by atoms with Crippen LogP contribution >= 0.6 is 23.8 Å². The average molecular weight is 378 g/mol. The molecule has 1 aromatic carbocycles. The van der Waals surface area contributed by atoms with E-state index in [0.717, 1.165) is 0 Å². The number of aromatic nitrogens is 5. The second kappa shape index (κ2) is 7.23. The van der Waals surface area contributed by atoms with E-state index in [-0.39, 0.29) is 40.2 Å². The summed E-state index contributed by atoms with van der Waals surface area (Å²) in [6, 6.07) is 12.3. The van der Waals surface area contributed by atoms with Gasteiger partial charge in [-0.05, 0) is 6.07 Å². The maximum absolute atomic E-state index is 12.8. The molecule has 6 nitrogen and oxygen atoms in total. The largest absolute Gasteiger partial charge is 1.00 e. The average Bonchev–Trinajstić information content (AvgIpc) is 3.17. The maximum atomic E-state index is 12.8. The summed E-state index contributed by atoms with van der Waals surface area (Å²) in [6.07, 6.45) is 3.53. The molecule has 0 aliphatic heterocycles. The molecule has 118 valence electrons. The molecule has 0 fully saturated rings. The zero-order chi connectivity index (χ0) is 16.7. The number of nitrogens with zero attached hydrogens (tertiary/aromatic N) is 5. The molecule has 25 heavy (non-hydrogen) atoms. The first-order chi connectivity index (χ1) is 11.6. The third-order valence-corrected chi connectivity index (χ3v) is 4.01. The summed E-state index contributed by atoms with van der Waals surface area (Å²) in [5.74, 6) is 0.00404. The van der Waals surface area contributed by atoms with Crippen molar-refractivity contribution in [2.75, 3.05) is 0 Å². The van der Waals surface area contributed by atoms with Crippen molar-refractivity contribution < 1.29 is 34.4 Å². The normalized spacial score (nSPS) is 10.6. The van der Waals surface area contributed by atoms with Gasteiger partial charge in [0.2, 0.25) is 0 Å². The van der Waals surface area contributed by atoms with Crippen LogP contribution in [0.1, 0.15) is 10.4 Å². The van der Waals surface area contributed by atoms with Gasteiger partial charge in [-0.25, -0.2) is 4.98 Å². The van der Waals surface area contributed by atoms with E-state index in [9.17, 15) is 4.79 Å². The summed E-state index contributed by atoms with van der Waals surface area (Å²) in [4.78, 5) is 17.2. The van der Waals surface area contributed by atoms with E-state index in [0.29, 0.717) is 27.8 Å². The summed E-state index contributed by atoms with van der Waals surface area (Å²) >= 11 is 11.1. The van der Waals surface area contributed by atoms with Gasteiger partial charge in [0.25, 0.3) is 0 Å². The Kier molecular flexibility index (Phi) is 5.21. The van der Waals surface area contributed by atoms with E-state index in [1.807, 2.05) is 6.07 Å². The van der Waals surface area contributed by atoms with Crippen LogP contribution in [0.3, 0.4) is 0 Å². The number of halogens is 1. The van der Waals surface area contributed by atoms with Gasteiger partial charge >= 0.3 is 29.6 Å². The fraction of sp³-hybridized carbons (Fsp3) is 0. The Balaban J connectivity index is 0.00000182. The van der Waals surface area contributed by atoms with Crippen molar-refractivity contribution in [3.05, 3.63) is 70.2 Å². The summed E-state index contributed by atoms with van der Waals surface area (Å²) < 4.78 is 3.17. The van der Waals surface area contributed by atoms with Crippen molar-refractivity contribution in [3.63, 3.8) is 0 Å². The van der Waals surface area contributed by atoms with Crippen molar-refractivity contribution in [3.8, 4) is 11.5 Å². The third kappa shape index (κ3) is 3.33. The SMILES string of the molecule is O=C(c1ccccc1)n1c(-c2cn3ccc(Cl)cc3n2)n[n-]c1=S.[Na+]. The number of pyridine rings is 1. The number of benzene rings is 1. The Morgan fingerprint density at radius 2 is 1.96 bits per heavy atom. The second-order valence-electron chi connectivity index (χ2n) is 5.05. The molecule has 4 aromatic rings. The number of rotatable bonds is 2. The topological polar surface area (TPSA) is 66.3 Å². The zero-order valence-electron chi connectivity index (χ0n) is 13.1. The standard InChI is InChI=1S/C16H10ClN5OS.Na/c17-11-6-7-21-9-12(18-13(21)8-11)14-19-20-16(24)22(14)15(23)10-4-2-1-3-5-10;/h1-9H,(H,20,24);/q;+1/p-1. The minimum Gasteiger partial charge on any atom is -0.356 e. The minimum atomic E-state index is -0.296. The number of hydrogen-bond acceptors (Lipinski definition) is 4. The van der Waals surface area contributed by atoms with Crippen LogP contribution in [0.25, 0.3) is 17.2 Å². The van der Waals surface area contributed by atoms with E-state index in [2.05, 4.69) is 15.2 Å². The van der Waals surface area contributed by atoms with Crippen molar-refractivity contribution >= 4 is 35.4 Å². The number of fused-ring (bicyclic) bond motifs is 1. The van der Waals surface area contributed by atoms with Crippen LogP contribution in [0.5, 0.6) is 0 Å². The van der Waals surface area contributed by atoms with Crippen LogP contribution < -0.4 is 34.7 Å². The predicted octanol–water partition coefficient (Wildman–Crippen LogP) is 0.230. The summed E-state index contributed by atoms with van der Waals surface area (Å²) in [7, 11) is 0. The first kappa shape index (κ1) is 18.0. The van der Waals surface area contributed by atoms with Crippen LogP contribution in [-0.2, 0) is 0 Å². The van der Waals surface area contributed by atoms with Gasteiger partial charge in [0.1, 0.15) is 11.3 Å². The van der Waals surface area contributed by atoms with Crippen LogP contribution in [-0.4, -0.2) is 25.0 Å². The van der Waals surface area contributed by atoms with Crippen LogP contribution in [0.15, 0.2) is 54.9 Å². The van der Waals surface area contributed by atoms with Gasteiger partial charge in [-0.1, -0.05) is 54.2 Å². The molecule has 0 bridgehead atoms. The Morgan fingerprint density at radius 3 is 2.72 bits per heavy atom. The Labute approximate surface area is 174 Å². The van der Waals surface area contributed by atoms with E-state index in [4.69, 9.17) is 23.8 Å². The molecule has 0 aliphatic carbocycles. The van der Waals surface area contributed by atoms with Gasteiger partial charge < -0.3 is 14.1 Å². The van der Waals surface area contributed by atoms with E-state index >= 15 is 0 Å². The first-order valence-electron chi connectivity index (χ1n) is 7.00. The molecule has 0 radical (unpaired) electrons. The third-order valence-electron chi connectivity index (χ3n) is 3.51. The molecule has 0 spiro atoms. The molecule has 4 rings (SSSR count). The van der Waals surface area contributed by atoms with Crippen LogP contribution in [0.2, 0.25) is 5.02 Å². The number of hydrogen-bond donors (Lipinski definition) is 0. The molecule has 3 aromatic heterocycles. The van der Waals surface area contributed by atoms with Crippen LogP contribution in [0.4, 0.5) is 0 Å². The predicted molar refractivity (Wildman–Crippen MR) is 91.7 cm³/mol. The number of carbonyl (C=O) groups excluding carboxylic acids is 1.